The number of nitrogen functional groups attached to an aromatic ring is 1. The van der Waals surface area contributed by atoms with Crippen LogP contribution in [0.1, 0.15) is 5.69 Å². The highest BCUT2D eigenvalue weighted by Crippen LogP contribution is 2.25. The molecule has 0 saturated heterocycles. The zero-order valence-corrected chi connectivity index (χ0v) is 10.5. The van der Waals surface area contributed by atoms with Gasteiger partial charge in [0.15, 0.2) is 0 Å². The van der Waals surface area contributed by atoms with Crippen molar-refractivity contribution < 1.29 is 17.9 Å². The molecule has 1 aromatic carbocycles. The fourth-order valence-electron chi connectivity index (χ4n) is 1.53. The fourth-order valence-corrected chi connectivity index (χ4v) is 1.53. The van der Waals surface area contributed by atoms with Crippen LogP contribution in [0.4, 0.5) is 30.4 Å². The lowest BCUT2D eigenvalue weighted by atomic mass is 10.3. The second kappa shape index (κ2) is 5.28. The first-order valence-electron chi connectivity index (χ1n) is 5.69. The van der Waals surface area contributed by atoms with E-state index in [0.29, 0.717) is 22.9 Å². The lowest BCUT2D eigenvalue weighted by molar-refractivity contribution is -0.274. The maximum Gasteiger partial charge on any atom is 0.573 e. The normalized spacial score (nSPS) is 11.2. The summed E-state index contributed by atoms with van der Waals surface area (Å²) in [5.74, 6) is 0.283. The number of aromatic nitrogens is 1. The Balaban J connectivity index is 2.08. The summed E-state index contributed by atoms with van der Waals surface area (Å²) in [4.78, 5) is 4.20. The van der Waals surface area contributed by atoms with Crippen molar-refractivity contribution in [2.75, 3.05) is 11.1 Å². The van der Waals surface area contributed by atoms with Crippen LogP contribution >= 0.6 is 0 Å². The molecule has 0 saturated carbocycles. The predicted octanol–water partition coefficient (Wildman–Crippen LogP) is 3.61. The molecule has 3 N–H and O–H groups in total. The number of ether oxygens (including phenoxy) is 1. The van der Waals surface area contributed by atoms with Crippen molar-refractivity contribution >= 4 is 17.2 Å². The van der Waals surface area contributed by atoms with Gasteiger partial charge >= 0.3 is 6.36 Å². The first kappa shape index (κ1) is 14.0. The van der Waals surface area contributed by atoms with Gasteiger partial charge in [-0.1, -0.05) is 0 Å². The minimum Gasteiger partial charge on any atom is -0.406 e. The molecule has 106 valence electrons. The van der Waals surface area contributed by atoms with Crippen LogP contribution in [0.15, 0.2) is 36.4 Å². The molecule has 0 spiro atoms. The molecule has 0 unspecified atom stereocenters. The van der Waals surface area contributed by atoms with E-state index in [1.54, 1.807) is 19.1 Å². The Kier molecular flexibility index (Phi) is 3.69. The van der Waals surface area contributed by atoms with Crippen molar-refractivity contribution in [3.63, 3.8) is 0 Å². The van der Waals surface area contributed by atoms with Gasteiger partial charge in [0.2, 0.25) is 0 Å². The first-order chi connectivity index (χ1) is 9.33. The number of halogens is 3. The number of nitrogens with one attached hydrogen (secondary N) is 1. The Labute approximate surface area is 113 Å². The van der Waals surface area contributed by atoms with Crippen LogP contribution in [-0.4, -0.2) is 11.3 Å². The number of anilines is 3. The Morgan fingerprint density at radius 2 is 1.75 bits per heavy atom. The monoisotopic (exact) mass is 283 g/mol. The van der Waals surface area contributed by atoms with Crippen LogP contribution in [0.5, 0.6) is 5.75 Å². The van der Waals surface area contributed by atoms with Crippen LogP contribution in [0.25, 0.3) is 0 Å². The molecule has 20 heavy (non-hydrogen) atoms. The van der Waals surface area contributed by atoms with Crippen LogP contribution in [0, 0.1) is 6.92 Å². The van der Waals surface area contributed by atoms with Crippen molar-refractivity contribution in [1.82, 2.24) is 4.98 Å². The zero-order chi connectivity index (χ0) is 14.8. The lowest BCUT2D eigenvalue weighted by Crippen LogP contribution is -2.16. The van der Waals surface area contributed by atoms with Gasteiger partial charge in [0, 0.05) is 5.69 Å². The Morgan fingerprint density at radius 3 is 2.30 bits per heavy atom. The van der Waals surface area contributed by atoms with Gasteiger partial charge in [0.25, 0.3) is 0 Å². The van der Waals surface area contributed by atoms with Gasteiger partial charge < -0.3 is 15.8 Å². The van der Waals surface area contributed by atoms with E-state index in [0.717, 1.165) is 0 Å². The number of nitrogens with zero attached hydrogens (tertiary/aromatic N) is 1. The quantitative estimate of drug-likeness (QED) is 0.903. The largest absolute Gasteiger partial charge is 0.573 e. The maximum atomic E-state index is 12.0. The summed E-state index contributed by atoms with van der Waals surface area (Å²) >= 11 is 0. The van der Waals surface area contributed by atoms with Gasteiger partial charge in [-0.2, -0.15) is 0 Å². The summed E-state index contributed by atoms with van der Waals surface area (Å²) in [6.07, 6.45) is -4.69. The van der Waals surface area contributed by atoms with E-state index < -0.39 is 6.36 Å². The highest BCUT2D eigenvalue weighted by atomic mass is 19.4. The summed E-state index contributed by atoms with van der Waals surface area (Å²) in [5.41, 5.74) is 7.49. The molecule has 0 amide bonds. The lowest BCUT2D eigenvalue weighted by Gasteiger charge is -2.10. The summed E-state index contributed by atoms with van der Waals surface area (Å²) in [6, 6.07) is 8.76. The first-order valence-corrected chi connectivity index (χ1v) is 5.69. The number of alkyl halides is 3. The molecule has 0 bridgehead atoms. The second-order valence-electron chi connectivity index (χ2n) is 4.07. The van der Waals surface area contributed by atoms with Gasteiger partial charge in [0.05, 0.1) is 11.4 Å². The van der Waals surface area contributed by atoms with E-state index in [2.05, 4.69) is 15.0 Å². The zero-order valence-electron chi connectivity index (χ0n) is 10.5. The van der Waals surface area contributed by atoms with Crippen molar-refractivity contribution in [2.45, 2.75) is 13.3 Å². The average molecular weight is 283 g/mol. The van der Waals surface area contributed by atoms with E-state index in [1.165, 1.54) is 24.3 Å². The molecular weight excluding hydrogens is 271 g/mol. The van der Waals surface area contributed by atoms with Gasteiger partial charge in [-0.25, -0.2) is 4.98 Å². The number of nitrogens with two attached hydrogens (primary N) is 1. The standard InChI is InChI=1S/C13H12F3N3O/c1-8-11(17)6-7-12(18-8)19-9-2-4-10(5-3-9)20-13(14,15)16/h2-7H,17H2,1H3,(H,18,19). The minimum atomic E-state index is -4.69. The molecular formula is C13H12F3N3O. The Hall–Kier alpha value is -2.44. The molecule has 0 aliphatic rings. The Morgan fingerprint density at radius 1 is 1.10 bits per heavy atom. The number of hydrogen-bond donors (Lipinski definition) is 2. The van der Waals surface area contributed by atoms with Crippen molar-refractivity contribution in [3.05, 3.63) is 42.1 Å². The fraction of sp³-hybridized carbons (Fsp3) is 0.154. The number of hydrogen-bond acceptors (Lipinski definition) is 4. The minimum absolute atomic E-state index is 0.274. The van der Waals surface area contributed by atoms with Gasteiger partial charge in [-0.15, -0.1) is 13.2 Å². The summed E-state index contributed by atoms with van der Waals surface area (Å²) in [6.45, 7) is 1.76. The summed E-state index contributed by atoms with van der Waals surface area (Å²) in [7, 11) is 0. The molecule has 0 atom stereocenters. The van der Waals surface area contributed by atoms with E-state index in [9.17, 15) is 13.2 Å². The molecule has 0 radical (unpaired) electrons. The highest BCUT2D eigenvalue weighted by Gasteiger charge is 2.30. The number of benzene rings is 1. The third-order valence-corrected chi connectivity index (χ3v) is 2.49. The predicted molar refractivity (Wildman–Crippen MR) is 69.8 cm³/mol. The smallest absolute Gasteiger partial charge is 0.406 e. The van der Waals surface area contributed by atoms with E-state index in [1.807, 2.05) is 0 Å². The SMILES string of the molecule is Cc1nc(Nc2ccc(OC(F)(F)F)cc2)ccc1N. The molecule has 7 heteroatoms. The van der Waals surface area contributed by atoms with Gasteiger partial charge in [-0.3, -0.25) is 0 Å². The van der Waals surface area contributed by atoms with Gasteiger partial charge in [0.1, 0.15) is 11.6 Å². The van der Waals surface area contributed by atoms with E-state index in [4.69, 9.17) is 5.73 Å². The number of aryl methyl sites for hydroxylation is 1. The van der Waals surface area contributed by atoms with Crippen LogP contribution in [0.3, 0.4) is 0 Å². The van der Waals surface area contributed by atoms with Crippen molar-refractivity contribution in [3.8, 4) is 5.75 Å². The van der Waals surface area contributed by atoms with Crippen molar-refractivity contribution in [2.24, 2.45) is 0 Å². The number of rotatable bonds is 3. The van der Waals surface area contributed by atoms with Crippen molar-refractivity contribution in [1.29, 1.82) is 0 Å². The molecule has 2 aromatic rings. The molecule has 1 heterocycles. The molecule has 4 nitrogen and oxygen atoms in total. The van der Waals surface area contributed by atoms with Gasteiger partial charge in [-0.05, 0) is 43.3 Å². The van der Waals surface area contributed by atoms with E-state index in [-0.39, 0.29) is 5.75 Å². The average Bonchev–Trinajstić information content (AvgIpc) is 2.35. The topological polar surface area (TPSA) is 60.2 Å². The number of pyridine rings is 1. The summed E-state index contributed by atoms with van der Waals surface area (Å²) in [5, 5.41) is 2.96. The molecule has 2 rings (SSSR count). The highest BCUT2D eigenvalue weighted by molar-refractivity contribution is 5.59. The Bertz CT molecular complexity index is 597. The second-order valence-corrected chi connectivity index (χ2v) is 4.07. The van der Waals surface area contributed by atoms with Crippen LogP contribution in [0.2, 0.25) is 0 Å². The van der Waals surface area contributed by atoms with Crippen LogP contribution in [-0.2, 0) is 0 Å². The van der Waals surface area contributed by atoms with Crippen LogP contribution < -0.4 is 15.8 Å². The molecule has 1 aromatic heterocycles. The third-order valence-electron chi connectivity index (χ3n) is 2.49. The molecule has 0 aliphatic heterocycles. The maximum absolute atomic E-state index is 12.0. The third kappa shape index (κ3) is 3.78. The molecule has 0 aliphatic carbocycles. The summed E-state index contributed by atoms with van der Waals surface area (Å²) < 4.78 is 39.8. The molecule has 0 fully saturated rings. The van der Waals surface area contributed by atoms with E-state index >= 15 is 0 Å².